The molecule has 0 radical (unpaired) electrons. The normalized spacial score (nSPS) is 10.3. The van der Waals surface area contributed by atoms with Crippen LogP contribution in [0.3, 0.4) is 0 Å². The van der Waals surface area contributed by atoms with Crippen molar-refractivity contribution in [1.82, 2.24) is 9.97 Å². The molecule has 2 aromatic rings. The number of aromatic nitrogens is 2. The first-order valence-corrected chi connectivity index (χ1v) is 6.86. The zero-order valence-corrected chi connectivity index (χ0v) is 12.2. The van der Waals surface area contributed by atoms with Crippen LogP contribution in [0, 0.1) is 10.1 Å². The summed E-state index contributed by atoms with van der Waals surface area (Å²) in [7, 11) is 0. The van der Waals surface area contributed by atoms with Crippen LogP contribution in [0.1, 0.15) is 6.42 Å². The van der Waals surface area contributed by atoms with E-state index in [-0.39, 0.29) is 24.1 Å². The zero-order chi connectivity index (χ0) is 15.9. The van der Waals surface area contributed by atoms with Crippen molar-refractivity contribution in [2.75, 3.05) is 23.8 Å². The van der Waals surface area contributed by atoms with Crippen LogP contribution in [0.5, 0.6) is 0 Å². The van der Waals surface area contributed by atoms with Gasteiger partial charge < -0.3 is 15.7 Å². The zero-order valence-electron chi connectivity index (χ0n) is 11.5. The first kappa shape index (κ1) is 15.9. The van der Waals surface area contributed by atoms with Crippen LogP contribution >= 0.6 is 11.6 Å². The fraction of sp³-hybridized carbons (Fsp3) is 0.231. The number of aliphatic hydroxyl groups is 1. The molecule has 2 rings (SSSR count). The number of nitro groups is 1. The van der Waals surface area contributed by atoms with Gasteiger partial charge >= 0.3 is 5.69 Å². The molecule has 1 aromatic heterocycles. The molecule has 0 aliphatic heterocycles. The van der Waals surface area contributed by atoms with Gasteiger partial charge in [0.2, 0.25) is 11.8 Å². The van der Waals surface area contributed by atoms with Gasteiger partial charge in [0.1, 0.15) is 6.20 Å². The lowest BCUT2D eigenvalue weighted by Gasteiger charge is -2.08. The lowest BCUT2D eigenvalue weighted by molar-refractivity contribution is -0.384. The first-order valence-electron chi connectivity index (χ1n) is 6.49. The van der Waals surface area contributed by atoms with Crippen molar-refractivity contribution in [1.29, 1.82) is 0 Å². The topological polar surface area (TPSA) is 113 Å². The highest BCUT2D eigenvalue weighted by molar-refractivity contribution is 6.30. The van der Waals surface area contributed by atoms with Gasteiger partial charge in [0.05, 0.1) is 4.92 Å². The summed E-state index contributed by atoms with van der Waals surface area (Å²) in [4.78, 5) is 18.4. The van der Waals surface area contributed by atoms with Gasteiger partial charge in [-0.05, 0) is 30.7 Å². The predicted molar refractivity (Wildman–Crippen MR) is 83.6 cm³/mol. The molecule has 8 nitrogen and oxygen atoms in total. The lowest BCUT2D eigenvalue weighted by atomic mass is 10.3. The molecule has 0 bridgehead atoms. The molecule has 0 atom stereocenters. The van der Waals surface area contributed by atoms with E-state index in [1.54, 1.807) is 24.3 Å². The van der Waals surface area contributed by atoms with Crippen molar-refractivity contribution < 1.29 is 10.0 Å². The maximum atomic E-state index is 11.0. The summed E-state index contributed by atoms with van der Waals surface area (Å²) in [6.45, 7) is 0.358. The van der Waals surface area contributed by atoms with Gasteiger partial charge in [-0.15, -0.1) is 0 Å². The average Bonchev–Trinajstić information content (AvgIpc) is 2.50. The largest absolute Gasteiger partial charge is 0.396 e. The molecule has 116 valence electrons. The maximum absolute atomic E-state index is 11.0. The highest BCUT2D eigenvalue weighted by atomic mass is 35.5. The van der Waals surface area contributed by atoms with Crippen molar-refractivity contribution in [2.24, 2.45) is 0 Å². The summed E-state index contributed by atoms with van der Waals surface area (Å²) in [5.41, 5.74) is 0.485. The Morgan fingerprint density at radius 1 is 1.32 bits per heavy atom. The van der Waals surface area contributed by atoms with Crippen molar-refractivity contribution >= 4 is 34.7 Å². The molecule has 0 aliphatic carbocycles. The molecule has 0 saturated carbocycles. The van der Waals surface area contributed by atoms with Gasteiger partial charge in [0, 0.05) is 23.9 Å². The number of anilines is 3. The fourth-order valence-corrected chi connectivity index (χ4v) is 1.77. The second-order valence-electron chi connectivity index (χ2n) is 4.32. The number of hydrogen-bond donors (Lipinski definition) is 3. The van der Waals surface area contributed by atoms with E-state index in [0.717, 1.165) is 6.20 Å². The molecule has 0 aliphatic rings. The van der Waals surface area contributed by atoms with E-state index in [4.69, 9.17) is 16.7 Å². The number of nitrogens with zero attached hydrogens (tertiary/aromatic N) is 3. The first-order chi connectivity index (χ1) is 10.6. The molecular formula is C13H14ClN5O3. The van der Waals surface area contributed by atoms with Crippen LogP contribution in [-0.2, 0) is 0 Å². The Hall–Kier alpha value is -2.45. The average molecular weight is 324 g/mol. The number of benzene rings is 1. The van der Waals surface area contributed by atoms with Gasteiger partial charge in [-0.3, -0.25) is 10.1 Å². The van der Waals surface area contributed by atoms with Gasteiger partial charge in [-0.2, -0.15) is 4.98 Å². The second kappa shape index (κ2) is 7.53. The summed E-state index contributed by atoms with van der Waals surface area (Å²) in [6.07, 6.45) is 1.59. The maximum Gasteiger partial charge on any atom is 0.329 e. The summed E-state index contributed by atoms with van der Waals surface area (Å²) in [6, 6.07) is 6.89. The number of hydrogen-bond acceptors (Lipinski definition) is 7. The van der Waals surface area contributed by atoms with Crippen molar-refractivity contribution in [3.05, 3.63) is 45.6 Å². The standard InChI is InChI=1S/C13H14ClN5O3/c14-9-2-4-10(5-3-9)17-13-16-8-11(19(21)22)12(18-13)15-6-1-7-20/h2-5,8,20H,1,6-7H2,(H2,15,16,17,18). The molecule has 1 aromatic carbocycles. The number of rotatable bonds is 7. The minimum atomic E-state index is -0.562. The van der Waals surface area contributed by atoms with Crippen LogP contribution in [0.4, 0.5) is 23.1 Å². The van der Waals surface area contributed by atoms with Crippen LogP contribution < -0.4 is 10.6 Å². The number of halogens is 1. The Bertz CT molecular complexity index is 651. The Morgan fingerprint density at radius 3 is 2.68 bits per heavy atom. The highest BCUT2D eigenvalue weighted by Gasteiger charge is 2.17. The van der Waals surface area contributed by atoms with E-state index in [9.17, 15) is 10.1 Å². The second-order valence-corrected chi connectivity index (χ2v) is 4.76. The Labute approximate surface area is 131 Å². The minimum Gasteiger partial charge on any atom is -0.396 e. The molecule has 0 amide bonds. The molecule has 3 N–H and O–H groups in total. The number of aliphatic hydroxyl groups excluding tert-OH is 1. The van der Waals surface area contributed by atoms with E-state index in [1.807, 2.05) is 0 Å². The predicted octanol–water partition coefficient (Wildman–Crippen LogP) is 2.58. The van der Waals surface area contributed by atoms with Crippen LogP contribution in [0.25, 0.3) is 0 Å². The lowest BCUT2D eigenvalue weighted by Crippen LogP contribution is -2.09. The van der Waals surface area contributed by atoms with Gasteiger partial charge in [0.15, 0.2) is 0 Å². The fourth-order valence-electron chi connectivity index (χ4n) is 1.65. The van der Waals surface area contributed by atoms with Crippen molar-refractivity contribution in [2.45, 2.75) is 6.42 Å². The molecule has 9 heteroatoms. The third kappa shape index (κ3) is 4.27. The van der Waals surface area contributed by atoms with Crippen molar-refractivity contribution in [3.8, 4) is 0 Å². The summed E-state index contributed by atoms with van der Waals surface area (Å²) in [5, 5.41) is 26.1. The molecule has 1 heterocycles. The van der Waals surface area contributed by atoms with Crippen LogP contribution in [0.2, 0.25) is 5.02 Å². The highest BCUT2D eigenvalue weighted by Crippen LogP contribution is 2.23. The quantitative estimate of drug-likeness (QED) is 0.407. The molecule has 0 unspecified atom stereocenters. The SMILES string of the molecule is O=[N+]([O-])c1cnc(Nc2ccc(Cl)cc2)nc1NCCCO. The van der Waals surface area contributed by atoms with E-state index in [0.29, 0.717) is 23.7 Å². The van der Waals surface area contributed by atoms with Gasteiger partial charge in [0.25, 0.3) is 0 Å². The van der Waals surface area contributed by atoms with E-state index in [1.165, 1.54) is 0 Å². The third-order valence-corrected chi connectivity index (χ3v) is 2.95. The third-order valence-electron chi connectivity index (χ3n) is 2.69. The molecule has 0 fully saturated rings. The Morgan fingerprint density at radius 2 is 2.05 bits per heavy atom. The van der Waals surface area contributed by atoms with Gasteiger partial charge in [-0.25, -0.2) is 4.98 Å². The summed E-state index contributed by atoms with van der Waals surface area (Å²) in [5.74, 6) is 0.323. The minimum absolute atomic E-state index is 0.0121. The number of nitrogens with one attached hydrogen (secondary N) is 2. The van der Waals surface area contributed by atoms with E-state index < -0.39 is 4.92 Å². The van der Waals surface area contributed by atoms with Crippen LogP contribution in [0.15, 0.2) is 30.5 Å². The Kier molecular flexibility index (Phi) is 5.45. The van der Waals surface area contributed by atoms with Crippen molar-refractivity contribution in [3.63, 3.8) is 0 Å². The van der Waals surface area contributed by atoms with E-state index in [2.05, 4.69) is 20.6 Å². The van der Waals surface area contributed by atoms with Gasteiger partial charge in [-0.1, -0.05) is 11.6 Å². The summed E-state index contributed by atoms with van der Waals surface area (Å²) < 4.78 is 0. The smallest absolute Gasteiger partial charge is 0.329 e. The molecule has 22 heavy (non-hydrogen) atoms. The molecule has 0 spiro atoms. The van der Waals surface area contributed by atoms with Crippen LogP contribution in [-0.4, -0.2) is 33.1 Å². The molecule has 0 saturated heterocycles. The van der Waals surface area contributed by atoms with E-state index >= 15 is 0 Å². The monoisotopic (exact) mass is 323 g/mol. The summed E-state index contributed by atoms with van der Waals surface area (Å²) >= 11 is 5.80. The molecular weight excluding hydrogens is 310 g/mol. The Balaban J connectivity index is 2.19.